The fraction of sp³-hybridized carbons (Fsp3) is 0.613. The molecule has 4 bridgehead atoms. The van der Waals surface area contributed by atoms with Gasteiger partial charge in [0.05, 0.1) is 36.5 Å². The number of hydrogen-bond acceptors (Lipinski definition) is 5. The van der Waals surface area contributed by atoms with Gasteiger partial charge in [-0.15, -0.1) is 0 Å². The maximum Gasteiger partial charge on any atom is 0.0886 e. The van der Waals surface area contributed by atoms with Crippen molar-refractivity contribution in [2.75, 3.05) is 40.4 Å². The first-order valence-corrected chi connectivity index (χ1v) is 14.0. The molecule has 7 aliphatic rings. The van der Waals surface area contributed by atoms with Gasteiger partial charge in [0.25, 0.3) is 0 Å². The normalized spacial score (nSPS) is 45.4. The van der Waals surface area contributed by atoms with E-state index in [1.807, 2.05) is 12.1 Å². The van der Waals surface area contributed by atoms with Gasteiger partial charge in [-0.25, -0.2) is 0 Å². The molecule has 0 radical (unpaired) electrons. The molecule has 5 nitrogen and oxygen atoms in total. The van der Waals surface area contributed by atoms with E-state index in [1.165, 1.54) is 17.5 Å². The maximum atomic E-state index is 10.4. The van der Waals surface area contributed by atoms with Crippen LogP contribution in [0.15, 0.2) is 60.7 Å². The van der Waals surface area contributed by atoms with E-state index in [9.17, 15) is 10.2 Å². The van der Waals surface area contributed by atoms with Gasteiger partial charge in [-0.05, 0) is 79.0 Å². The monoisotopic (exact) mass is 486 g/mol. The van der Waals surface area contributed by atoms with E-state index in [0.717, 1.165) is 36.8 Å². The number of nitrogens with zero attached hydrogens (tertiary/aromatic N) is 2. The van der Waals surface area contributed by atoms with E-state index < -0.39 is 0 Å². The number of aliphatic hydroxyl groups is 2. The average Bonchev–Trinajstić information content (AvgIpc) is 3.54. The first-order valence-electron chi connectivity index (χ1n) is 14.0. The average molecular weight is 487 g/mol. The van der Waals surface area contributed by atoms with E-state index >= 15 is 0 Å². The van der Waals surface area contributed by atoms with Crippen LogP contribution in [0.3, 0.4) is 0 Å². The van der Waals surface area contributed by atoms with Gasteiger partial charge in [0.2, 0.25) is 0 Å². The zero-order chi connectivity index (χ0) is 24.4. The minimum atomic E-state index is -0.0638. The van der Waals surface area contributed by atoms with Gasteiger partial charge in [-0.2, -0.15) is 0 Å². The molecular weight excluding hydrogens is 448 g/mol. The molecule has 2 aromatic carbocycles. The summed E-state index contributed by atoms with van der Waals surface area (Å²) in [5.41, 5.74) is 2.23. The molecule has 190 valence electrons. The Morgan fingerprint density at radius 1 is 0.722 bits per heavy atom. The number of benzene rings is 2. The highest BCUT2D eigenvalue weighted by atomic mass is 16.5. The molecule has 12 atom stereocenters. The van der Waals surface area contributed by atoms with Crippen LogP contribution in [-0.2, 0) is 4.74 Å². The highest BCUT2D eigenvalue weighted by Gasteiger charge is 2.96. The van der Waals surface area contributed by atoms with Crippen molar-refractivity contribution in [1.82, 2.24) is 9.80 Å². The third-order valence-electron chi connectivity index (χ3n) is 11.9. The van der Waals surface area contributed by atoms with Crippen LogP contribution in [0.4, 0.5) is 0 Å². The predicted molar refractivity (Wildman–Crippen MR) is 137 cm³/mol. The van der Waals surface area contributed by atoms with Crippen molar-refractivity contribution < 1.29 is 14.9 Å². The zero-order valence-corrected chi connectivity index (χ0v) is 21.3. The standard InChI is InChI=1S/C31H38N2O3/c1-32(22(14-34)18-9-5-3-6-10-18)16-30-26-20-13-21-25-24(20)28(30)29(25)31(36-30,27(21)26)17-33(2)23(15-35)19-11-7-4-8-12-19/h3-12,20-29,34-35H,13-17H2,1-2H3/t20?,21?,22-,23-,24?,25?,26?,27?,28?,29?,30?,31?/m1/s1. The summed E-state index contributed by atoms with van der Waals surface area (Å²) in [4.78, 5) is 4.78. The van der Waals surface area contributed by atoms with Crippen LogP contribution in [-0.4, -0.2) is 71.6 Å². The molecule has 5 heteroatoms. The lowest BCUT2D eigenvalue weighted by atomic mass is 9.54. The van der Waals surface area contributed by atoms with Gasteiger partial charge in [0, 0.05) is 13.1 Å². The van der Waals surface area contributed by atoms with E-state index in [-0.39, 0.29) is 36.5 Å². The van der Waals surface area contributed by atoms with E-state index in [1.54, 1.807) is 0 Å². The predicted octanol–water partition coefficient (Wildman–Crippen LogP) is 3.21. The molecule has 36 heavy (non-hydrogen) atoms. The molecule has 0 amide bonds. The van der Waals surface area contributed by atoms with Gasteiger partial charge < -0.3 is 14.9 Å². The Morgan fingerprint density at radius 2 is 1.14 bits per heavy atom. The third-order valence-corrected chi connectivity index (χ3v) is 11.9. The molecule has 9 rings (SSSR count). The van der Waals surface area contributed by atoms with Crippen LogP contribution in [0, 0.1) is 47.3 Å². The minimum absolute atomic E-state index is 0.0000232. The summed E-state index contributed by atoms with van der Waals surface area (Å²) in [6.07, 6.45) is 1.42. The maximum absolute atomic E-state index is 10.4. The summed E-state index contributed by atoms with van der Waals surface area (Å²) in [5, 5.41) is 20.7. The van der Waals surface area contributed by atoms with Gasteiger partial charge in [0.1, 0.15) is 0 Å². The summed E-state index contributed by atoms with van der Waals surface area (Å²) in [7, 11) is 4.38. The van der Waals surface area contributed by atoms with Crippen LogP contribution in [0.5, 0.6) is 0 Å². The molecule has 5 saturated carbocycles. The van der Waals surface area contributed by atoms with Crippen molar-refractivity contribution in [3.8, 4) is 0 Å². The molecule has 2 N–H and O–H groups in total. The summed E-state index contributed by atoms with van der Waals surface area (Å²) in [6.45, 7) is 2.07. The summed E-state index contributed by atoms with van der Waals surface area (Å²) < 4.78 is 7.50. The Kier molecular flexibility index (Phi) is 4.58. The van der Waals surface area contributed by atoms with E-state index in [2.05, 4.69) is 72.4 Å². The van der Waals surface area contributed by atoms with Gasteiger partial charge >= 0.3 is 0 Å². The van der Waals surface area contributed by atoms with Crippen LogP contribution < -0.4 is 0 Å². The zero-order valence-electron chi connectivity index (χ0n) is 21.3. The van der Waals surface area contributed by atoms with Crippen molar-refractivity contribution in [3.63, 3.8) is 0 Å². The molecule has 2 aliphatic heterocycles. The van der Waals surface area contributed by atoms with Crippen molar-refractivity contribution >= 4 is 0 Å². The summed E-state index contributed by atoms with van der Waals surface area (Å²) in [6, 6.07) is 20.9. The number of likely N-dealkylation sites (N-methyl/N-ethyl adjacent to an activating group) is 2. The van der Waals surface area contributed by atoms with Gasteiger partial charge in [0.15, 0.2) is 0 Å². The molecular formula is C31H38N2O3. The molecule has 0 aromatic heterocycles. The van der Waals surface area contributed by atoms with Crippen molar-refractivity contribution in [3.05, 3.63) is 71.8 Å². The number of aliphatic hydroxyl groups excluding tert-OH is 2. The molecule has 2 saturated heterocycles. The lowest BCUT2D eigenvalue weighted by molar-refractivity contribution is -0.102. The first-order chi connectivity index (χ1) is 17.6. The van der Waals surface area contributed by atoms with Crippen molar-refractivity contribution in [2.45, 2.75) is 29.7 Å². The second kappa shape index (κ2) is 7.42. The summed E-state index contributed by atoms with van der Waals surface area (Å²) >= 11 is 0. The van der Waals surface area contributed by atoms with Crippen molar-refractivity contribution in [2.24, 2.45) is 47.3 Å². The highest BCUT2D eigenvalue weighted by molar-refractivity contribution is 5.44. The Hall–Kier alpha value is -1.76. The first kappa shape index (κ1) is 22.2. The van der Waals surface area contributed by atoms with Crippen LogP contribution in [0.25, 0.3) is 0 Å². The second-order valence-corrected chi connectivity index (χ2v) is 12.9. The number of rotatable bonds is 10. The Labute approximate surface area is 214 Å². The largest absolute Gasteiger partial charge is 0.394 e. The Morgan fingerprint density at radius 3 is 1.53 bits per heavy atom. The molecule has 10 unspecified atom stereocenters. The number of hydrogen-bond donors (Lipinski definition) is 2. The van der Waals surface area contributed by atoms with Crippen LogP contribution in [0.2, 0.25) is 0 Å². The van der Waals surface area contributed by atoms with E-state index in [0.29, 0.717) is 23.7 Å². The Bertz CT molecular complexity index is 1070. The van der Waals surface area contributed by atoms with Crippen LogP contribution >= 0.6 is 0 Å². The SMILES string of the molecule is CN(CC12OC3(CN(C)[C@H](CO)c4ccccc4)C4C5CC(C6C5C3C61)C42)[C@H](CO)c1ccccc1. The third kappa shape index (κ3) is 2.41. The fourth-order valence-corrected chi connectivity index (χ4v) is 11.3. The van der Waals surface area contributed by atoms with Crippen molar-refractivity contribution in [1.29, 1.82) is 0 Å². The highest BCUT2D eigenvalue weighted by Crippen LogP contribution is 2.93. The van der Waals surface area contributed by atoms with E-state index in [4.69, 9.17) is 4.74 Å². The molecule has 7 fully saturated rings. The lowest BCUT2D eigenvalue weighted by Gasteiger charge is -2.49. The van der Waals surface area contributed by atoms with Gasteiger partial charge in [-0.3, -0.25) is 9.80 Å². The Balaban J connectivity index is 1.11. The molecule has 5 aliphatic carbocycles. The quantitative estimate of drug-likeness (QED) is 0.540. The molecule has 0 spiro atoms. The second-order valence-electron chi connectivity index (χ2n) is 12.9. The number of ether oxygens (including phenoxy) is 1. The fourth-order valence-electron chi connectivity index (χ4n) is 11.3. The lowest BCUT2D eigenvalue weighted by Crippen LogP contribution is -2.57. The van der Waals surface area contributed by atoms with Crippen LogP contribution in [0.1, 0.15) is 29.6 Å². The summed E-state index contributed by atoms with van der Waals surface area (Å²) in [5.74, 6) is 6.13. The van der Waals surface area contributed by atoms with Gasteiger partial charge in [-0.1, -0.05) is 60.7 Å². The molecule has 2 heterocycles. The smallest absolute Gasteiger partial charge is 0.0886 e. The topological polar surface area (TPSA) is 56.2 Å². The molecule has 2 aromatic rings. The minimum Gasteiger partial charge on any atom is -0.394 e.